The second-order valence-corrected chi connectivity index (χ2v) is 5.41. The molecule has 0 saturated carbocycles. The summed E-state index contributed by atoms with van der Waals surface area (Å²) in [5.41, 5.74) is 1.48. The molecule has 0 bridgehead atoms. The molecule has 0 fully saturated rings. The van der Waals surface area contributed by atoms with Crippen LogP contribution in [0.1, 0.15) is 39.2 Å². The molecule has 4 heteroatoms. The number of carbonyl (C=O) groups is 1. The zero-order valence-electron chi connectivity index (χ0n) is 11.0. The van der Waals surface area contributed by atoms with E-state index in [1.54, 1.807) is 12.4 Å². The van der Waals surface area contributed by atoms with E-state index in [0.29, 0.717) is 0 Å². The lowest BCUT2D eigenvalue weighted by atomic mass is 10.1. The number of ether oxygens (including phenoxy) is 1. The average Bonchev–Trinajstić information content (AvgIpc) is 2.77. The van der Waals surface area contributed by atoms with Crippen molar-refractivity contribution in [2.75, 3.05) is 0 Å². The number of esters is 1. The van der Waals surface area contributed by atoms with Gasteiger partial charge in [0.15, 0.2) is 0 Å². The maximum atomic E-state index is 11.9. The molecular formula is C14H18N2O2. The molecule has 0 spiro atoms. The third-order valence-corrected chi connectivity index (χ3v) is 2.64. The first-order valence-corrected chi connectivity index (χ1v) is 6.16. The van der Waals surface area contributed by atoms with Gasteiger partial charge in [0, 0.05) is 23.7 Å². The predicted octanol–water partition coefficient (Wildman–Crippen LogP) is 2.37. The number of hydrogen-bond donors (Lipinski definition) is 0. The van der Waals surface area contributed by atoms with E-state index < -0.39 is 5.60 Å². The Hall–Kier alpha value is -1.71. The maximum Gasteiger partial charge on any atom is 0.331 e. The van der Waals surface area contributed by atoms with Gasteiger partial charge in [-0.3, -0.25) is 9.98 Å². The van der Waals surface area contributed by atoms with E-state index in [9.17, 15) is 4.79 Å². The first-order valence-electron chi connectivity index (χ1n) is 6.16. The summed E-state index contributed by atoms with van der Waals surface area (Å²) in [6, 6.07) is 3.47. The van der Waals surface area contributed by atoms with E-state index in [-0.39, 0.29) is 12.0 Å². The molecule has 0 aliphatic carbocycles. The lowest BCUT2D eigenvalue weighted by molar-refractivity contribution is -0.156. The fraction of sp³-hybridized carbons (Fsp3) is 0.500. The zero-order valence-corrected chi connectivity index (χ0v) is 11.0. The van der Waals surface area contributed by atoms with E-state index in [0.717, 1.165) is 24.1 Å². The molecule has 1 atom stereocenters. The van der Waals surface area contributed by atoms with Gasteiger partial charge >= 0.3 is 5.97 Å². The van der Waals surface area contributed by atoms with Gasteiger partial charge in [0.05, 0.1) is 0 Å². The molecule has 1 aliphatic rings. The van der Waals surface area contributed by atoms with Crippen LogP contribution in [0, 0.1) is 0 Å². The van der Waals surface area contributed by atoms with E-state index in [1.807, 2.05) is 32.9 Å². The molecule has 1 aromatic rings. The molecule has 2 heterocycles. The van der Waals surface area contributed by atoms with E-state index in [1.165, 1.54) is 0 Å². The molecule has 0 saturated heterocycles. The van der Waals surface area contributed by atoms with Crippen molar-refractivity contribution in [1.82, 2.24) is 4.98 Å². The predicted molar refractivity (Wildman–Crippen MR) is 69.6 cm³/mol. The summed E-state index contributed by atoms with van der Waals surface area (Å²) in [5.74, 6) is -0.235. The Labute approximate surface area is 107 Å². The molecule has 0 N–H and O–H groups in total. The zero-order chi connectivity index (χ0) is 13.2. The van der Waals surface area contributed by atoms with Gasteiger partial charge in [-0.15, -0.1) is 0 Å². The minimum atomic E-state index is -0.455. The highest BCUT2D eigenvalue weighted by atomic mass is 16.6. The topological polar surface area (TPSA) is 51.5 Å². The standard InChI is InChI=1S/C14H18N2O2/c1-14(2,3)18-13(17)12-7-6-11(16-12)10-5-4-8-15-9-10/h4-5,8-9,12H,6-7H2,1-3H3/t12-/m1/s1. The van der Waals surface area contributed by atoms with Crippen LogP contribution in [0.4, 0.5) is 0 Å². The summed E-state index contributed by atoms with van der Waals surface area (Å²) in [6.45, 7) is 5.60. The highest BCUT2D eigenvalue weighted by Gasteiger charge is 2.29. The van der Waals surface area contributed by atoms with E-state index >= 15 is 0 Å². The molecule has 2 rings (SSSR count). The van der Waals surface area contributed by atoms with Crippen LogP contribution in [0.2, 0.25) is 0 Å². The van der Waals surface area contributed by atoms with Crippen LogP contribution >= 0.6 is 0 Å². The van der Waals surface area contributed by atoms with Crippen molar-refractivity contribution < 1.29 is 9.53 Å². The maximum absolute atomic E-state index is 11.9. The Morgan fingerprint density at radius 3 is 2.83 bits per heavy atom. The summed E-state index contributed by atoms with van der Waals surface area (Å²) in [4.78, 5) is 20.4. The van der Waals surface area contributed by atoms with Crippen molar-refractivity contribution in [3.05, 3.63) is 30.1 Å². The lowest BCUT2D eigenvalue weighted by Crippen LogP contribution is -2.29. The normalized spacial score (nSPS) is 19.5. The minimum absolute atomic E-state index is 0.235. The number of pyridine rings is 1. The van der Waals surface area contributed by atoms with Crippen molar-refractivity contribution in [2.24, 2.45) is 4.99 Å². The minimum Gasteiger partial charge on any atom is -0.458 e. The summed E-state index contributed by atoms with van der Waals surface area (Å²) < 4.78 is 5.34. The first-order chi connectivity index (χ1) is 8.46. The first kappa shape index (κ1) is 12.7. The fourth-order valence-corrected chi connectivity index (χ4v) is 1.88. The molecule has 1 aromatic heterocycles. The van der Waals surface area contributed by atoms with Crippen LogP contribution in [-0.2, 0) is 9.53 Å². The summed E-state index contributed by atoms with van der Waals surface area (Å²) in [5, 5.41) is 0. The van der Waals surface area contributed by atoms with Gasteiger partial charge < -0.3 is 4.74 Å². The number of hydrogen-bond acceptors (Lipinski definition) is 4. The van der Waals surface area contributed by atoms with Crippen LogP contribution < -0.4 is 0 Å². The third kappa shape index (κ3) is 3.15. The monoisotopic (exact) mass is 246 g/mol. The molecule has 0 unspecified atom stereocenters. The number of rotatable bonds is 2. The van der Waals surface area contributed by atoms with Crippen molar-refractivity contribution in [2.45, 2.75) is 45.3 Å². The highest BCUT2D eigenvalue weighted by molar-refractivity contribution is 6.03. The Kier molecular flexibility index (Phi) is 3.45. The number of carbonyl (C=O) groups excluding carboxylic acids is 1. The van der Waals surface area contributed by atoms with Crippen LogP contribution in [0.5, 0.6) is 0 Å². The van der Waals surface area contributed by atoms with E-state index in [2.05, 4.69) is 9.98 Å². The smallest absolute Gasteiger partial charge is 0.331 e. The second kappa shape index (κ2) is 4.88. The summed E-state index contributed by atoms with van der Waals surface area (Å²) >= 11 is 0. The SMILES string of the molecule is CC(C)(C)OC(=O)[C@H]1CCC(c2cccnc2)=N1. The molecule has 0 radical (unpaired) electrons. The second-order valence-electron chi connectivity index (χ2n) is 5.41. The molecule has 18 heavy (non-hydrogen) atoms. The van der Waals surface area contributed by atoms with Crippen LogP contribution in [0.15, 0.2) is 29.5 Å². The molecule has 4 nitrogen and oxygen atoms in total. The molecule has 0 amide bonds. The lowest BCUT2D eigenvalue weighted by Gasteiger charge is -2.20. The summed E-state index contributed by atoms with van der Waals surface area (Å²) in [6.07, 6.45) is 5.02. The van der Waals surface area contributed by atoms with Crippen molar-refractivity contribution in [3.63, 3.8) is 0 Å². The number of aliphatic imine (C=N–C) groups is 1. The Morgan fingerprint density at radius 2 is 2.22 bits per heavy atom. The Morgan fingerprint density at radius 1 is 1.44 bits per heavy atom. The Bertz CT molecular complexity index is 460. The van der Waals surface area contributed by atoms with Crippen molar-refractivity contribution >= 4 is 11.7 Å². The van der Waals surface area contributed by atoms with E-state index in [4.69, 9.17) is 4.74 Å². The van der Waals surface area contributed by atoms with Crippen LogP contribution in [0.3, 0.4) is 0 Å². The molecule has 96 valence electrons. The van der Waals surface area contributed by atoms with Gasteiger partial charge in [-0.25, -0.2) is 4.79 Å². The van der Waals surface area contributed by atoms with Crippen molar-refractivity contribution in [1.29, 1.82) is 0 Å². The average molecular weight is 246 g/mol. The van der Waals surface area contributed by atoms with Gasteiger partial charge in [0.2, 0.25) is 0 Å². The van der Waals surface area contributed by atoms with Gasteiger partial charge in [0.1, 0.15) is 11.6 Å². The van der Waals surface area contributed by atoms with Crippen LogP contribution in [-0.4, -0.2) is 28.3 Å². The van der Waals surface area contributed by atoms with Crippen molar-refractivity contribution in [3.8, 4) is 0 Å². The fourth-order valence-electron chi connectivity index (χ4n) is 1.88. The quantitative estimate of drug-likeness (QED) is 0.753. The molecule has 0 aromatic carbocycles. The van der Waals surface area contributed by atoms with Crippen LogP contribution in [0.25, 0.3) is 0 Å². The summed E-state index contributed by atoms with van der Waals surface area (Å²) in [7, 11) is 0. The molecular weight excluding hydrogens is 228 g/mol. The van der Waals surface area contributed by atoms with Gasteiger partial charge in [-0.05, 0) is 39.7 Å². The number of aromatic nitrogens is 1. The third-order valence-electron chi connectivity index (χ3n) is 2.64. The molecule has 1 aliphatic heterocycles. The largest absolute Gasteiger partial charge is 0.458 e. The van der Waals surface area contributed by atoms with Gasteiger partial charge in [-0.2, -0.15) is 0 Å². The van der Waals surface area contributed by atoms with Gasteiger partial charge in [0.25, 0.3) is 0 Å². The van der Waals surface area contributed by atoms with Gasteiger partial charge in [-0.1, -0.05) is 6.07 Å². The number of nitrogens with zero attached hydrogens (tertiary/aromatic N) is 2. The highest BCUT2D eigenvalue weighted by Crippen LogP contribution is 2.21. The Balaban J connectivity index is 2.07.